The molecule has 1 rings (SSSR count). The van der Waals surface area contributed by atoms with E-state index in [2.05, 4.69) is 81.4 Å². The third-order valence-electron chi connectivity index (χ3n) is 6.07. The third kappa shape index (κ3) is 8.23. The monoisotopic (exact) mass is 422 g/mol. The summed E-state index contributed by atoms with van der Waals surface area (Å²) < 4.78 is 0. The molecule has 0 aliphatic carbocycles. The lowest BCUT2D eigenvalue weighted by Crippen LogP contribution is -2.28. The highest BCUT2D eigenvalue weighted by atomic mass is 16.3. The van der Waals surface area contributed by atoms with Crippen LogP contribution < -0.4 is 0 Å². The van der Waals surface area contributed by atoms with E-state index in [4.69, 9.17) is 10.2 Å². The topological polar surface area (TPSA) is 60.7 Å². The van der Waals surface area contributed by atoms with Crippen molar-refractivity contribution >= 4 is 0 Å². The molecule has 0 atom stereocenters. The summed E-state index contributed by atoms with van der Waals surface area (Å²) in [6.45, 7) is 23.9. The fourth-order valence-corrected chi connectivity index (χ4v) is 3.37. The summed E-state index contributed by atoms with van der Waals surface area (Å²) in [7, 11) is 0. The number of aromatic hydroxyl groups is 1. The maximum atomic E-state index is 10.7. The van der Waals surface area contributed by atoms with Crippen molar-refractivity contribution in [3.8, 4) is 5.75 Å². The Balaban J connectivity index is 0.000000654. The van der Waals surface area contributed by atoms with Crippen LogP contribution in [0.3, 0.4) is 0 Å². The van der Waals surface area contributed by atoms with E-state index >= 15 is 0 Å². The third-order valence-corrected chi connectivity index (χ3v) is 6.07. The van der Waals surface area contributed by atoms with Gasteiger partial charge in [-0.05, 0) is 45.8 Å². The van der Waals surface area contributed by atoms with E-state index in [9.17, 15) is 5.11 Å². The van der Waals surface area contributed by atoms with E-state index in [1.54, 1.807) is 0 Å². The van der Waals surface area contributed by atoms with Crippen LogP contribution in [-0.4, -0.2) is 28.5 Å². The SMILES string of the molecule is CC(C)(C)c1cc(C(C)(C)C)c(O)c(C(C)(C)C)c1.CCCCC(CC)(CO)CO. The van der Waals surface area contributed by atoms with E-state index in [1.807, 2.05) is 6.92 Å². The molecule has 176 valence electrons. The molecule has 0 radical (unpaired) electrons. The molecule has 0 fully saturated rings. The Hall–Kier alpha value is -1.06. The maximum absolute atomic E-state index is 10.7. The molecule has 3 N–H and O–H groups in total. The highest BCUT2D eigenvalue weighted by Gasteiger charge is 2.29. The quantitative estimate of drug-likeness (QED) is 0.470. The van der Waals surface area contributed by atoms with Crippen LogP contribution in [0.25, 0.3) is 0 Å². The van der Waals surface area contributed by atoms with Gasteiger partial charge in [0.15, 0.2) is 0 Å². The van der Waals surface area contributed by atoms with Crippen LogP contribution in [0.4, 0.5) is 0 Å². The molecule has 0 unspecified atom stereocenters. The molecular weight excluding hydrogens is 372 g/mol. The summed E-state index contributed by atoms with van der Waals surface area (Å²) in [6.07, 6.45) is 4.02. The largest absolute Gasteiger partial charge is 0.507 e. The minimum atomic E-state index is -0.212. The molecule has 0 bridgehead atoms. The van der Waals surface area contributed by atoms with Gasteiger partial charge in [0.1, 0.15) is 5.75 Å². The smallest absolute Gasteiger partial charge is 0.123 e. The Labute approximate surface area is 186 Å². The zero-order valence-corrected chi connectivity index (χ0v) is 21.7. The van der Waals surface area contributed by atoms with Crippen LogP contribution in [0, 0.1) is 5.41 Å². The van der Waals surface area contributed by atoms with Gasteiger partial charge in [0.05, 0.1) is 13.2 Å². The second kappa shape index (κ2) is 11.0. The molecule has 1 aromatic carbocycles. The average Bonchev–Trinajstić information content (AvgIpc) is 2.61. The molecule has 3 nitrogen and oxygen atoms in total. The van der Waals surface area contributed by atoms with Crippen LogP contribution >= 0.6 is 0 Å². The van der Waals surface area contributed by atoms with E-state index in [-0.39, 0.29) is 34.9 Å². The van der Waals surface area contributed by atoms with E-state index < -0.39 is 0 Å². The van der Waals surface area contributed by atoms with Gasteiger partial charge in [0, 0.05) is 5.41 Å². The van der Waals surface area contributed by atoms with Gasteiger partial charge < -0.3 is 15.3 Å². The fourth-order valence-electron chi connectivity index (χ4n) is 3.37. The van der Waals surface area contributed by atoms with Gasteiger partial charge in [-0.1, -0.05) is 101 Å². The van der Waals surface area contributed by atoms with Crippen molar-refractivity contribution < 1.29 is 15.3 Å². The Morgan fingerprint density at radius 1 is 0.700 bits per heavy atom. The molecule has 0 saturated heterocycles. The lowest BCUT2D eigenvalue weighted by Gasteiger charge is -2.31. The summed E-state index contributed by atoms with van der Waals surface area (Å²) in [4.78, 5) is 0. The summed E-state index contributed by atoms with van der Waals surface area (Å²) in [5.74, 6) is 0.466. The number of benzene rings is 1. The second-order valence-electron chi connectivity index (χ2n) is 11.9. The average molecular weight is 423 g/mol. The molecule has 0 heterocycles. The van der Waals surface area contributed by atoms with Crippen molar-refractivity contribution in [3.63, 3.8) is 0 Å². The molecule has 3 heteroatoms. The van der Waals surface area contributed by atoms with Gasteiger partial charge in [0.25, 0.3) is 0 Å². The van der Waals surface area contributed by atoms with Crippen LogP contribution in [0.1, 0.15) is 119 Å². The Bertz CT molecular complexity index is 592. The molecule has 0 spiro atoms. The molecule has 0 aliphatic heterocycles. The first-order chi connectivity index (χ1) is 13.5. The summed E-state index contributed by atoms with van der Waals surface area (Å²) in [5, 5.41) is 28.7. The lowest BCUT2D eigenvalue weighted by atomic mass is 9.75. The minimum absolute atomic E-state index is 0.0503. The van der Waals surface area contributed by atoms with E-state index in [0.29, 0.717) is 5.75 Å². The molecule has 30 heavy (non-hydrogen) atoms. The lowest BCUT2D eigenvalue weighted by molar-refractivity contribution is 0.0420. The van der Waals surface area contributed by atoms with Crippen LogP contribution in [0.5, 0.6) is 5.75 Å². The molecule has 0 aromatic heterocycles. The number of phenolic OH excluding ortho intramolecular Hbond substituents is 1. The number of rotatable bonds is 6. The van der Waals surface area contributed by atoms with Crippen LogP contribution in [0.2, 0.25) is 0 Å². The molecule has 1 aromatic rings. The van der Waals surface area contributed by atoms with Gasteiger partial charge >= 0.3 is 0 Å². The first-order valence-corrected chi connectivity index (χ1v) is 11.6. The zero-order chi connectivity index (χ0) is 24.0. The number of unbranched alkanes of at least 4 members (excludes halogenated alkanes) is 1. The second-order valence-corrected chi connectivity index (χ2v) is 11.9. The van der Waals surface area contributed by atoms with Crippen LogP contribution in [-0.2, 0) is 16.2 Å². The molecule has 0 aliphatic rings. The number of aliphatic hydroxyl groups is 2. The molecule has 0 saturated carbocycles. The van der Waals surface area contributed by atoms with Crippen molar-refractivity contribution in [2.75, 3.05) is 13.2 Å². The van der Waals surface area contributed by atoms with Crippen molar-refractivity contribution in [2.45, 2.75) is 118 Å². The van der Waals surface area contributed by atoms with Crippen molar-refractivity contribution in [3.05, 3.63) is 28.8 Å². The molecule has 0 amide bonds. The summed E-state index contributed by atoms with van der Waals surface area (Å²) >= 11 is 0. The van der Waals surface area contributed by atoms with Gasteiger partial charge in [-0.15, -0.1) is 0 Å². The predicted octanol–water partition coefficient (Wildman–Crippen LogP) is 6.84. The number of hydrogen-bond acceptors (Lipinski definition) is 3. The number of phenols is 1. The van der Waals surface area contributed by atoms with Crippen LogP contribution in [0.15, 0.2) is 12.1 Å². The summed E-state index contributed by atoms with van der Waals surface area (Å²) in [6, 6.07) is 4.34. The van der Waals surface area contributed by atoms with Gasteiger partial charge in [-0.25, -0.2) is 0 Å². The normalized spacial score (nSPS) is 13.1. The molecular formula is C27H50O3. The Morgan fingerprint density at radius 3 is 1.33 bits per heavy atom. The van der Waals surface area contributed by atoms with E-state index in [1.165, 1.54) is 5.56 Å². The highest BCUT2D eigenvalue weighted by molar-refractivity contribution is 5.51. The minimum Gasteiger partial charge on any atom is -0.507 e. The Morgan fingerprint density at radius 2 is 1.10 bits per heavy atom. The Kier molecular flexibility index (Phi) is 10.6. The van der Waals surface area contributed by atoms with Gasteiger partial charge in [0.2, 0.25) is 0 Å². The number of hydrogen-bond donors (Lipinski definition) is 3. The van der Waals surface area contributed by atoms with Gasteiger partial charge in [-0.2, -0.15) is 0 Å². The predicted molar refractivity (Wildman–Crippen MR) is 131 cm³/mol. The van der Waals surface area contributed by atoms with Gasteiger partial charge in [-0.3, -0.25) is 0 Å². The van der Waals surface area contributed by atoms with Crippen molar-refractivity contribution in [1.29, 1.82) is 0 Å². The first kappa shape index (κ1) is 28.9. The zero-order valence-electron chi connectivity index (χ0n) is 21.7. The summed E-state index contributed by atoms with van der Waals surface area (Å²) in [5.41, 5.74) is 3.16. The fraction of sp³-hybridized carbons (Fsp3) is 0.778. The maximum Gasteiger partial charge on any atom is 0.123 e. The van der Waals surface area contributed by atoms with E-state index in [0.717, 1.165) is 36.8 Å². The first-order valence-electron chi connectivity index (χ1n) is 11.6. The van der Waals surface area contributed by atoms with Crippen molar-refractivity contribution in [1.82, 2.24) is 0 Å². The standard InChI is InChI=1S/C18H30O.C9H20O2/c1-16(2,3)12-10-13(17(4,5)6)15(19)14(11-12)18(7,8)9;1-3-5-6-9(4-2,7-10)8-11/h10-11,19H,1-9H3;10-11H,3-8H2,1-2H3. The number of aliphatic hydroxyl groups excluding tert-OH is 2. The highest BCUT2D eigenvalue weighted by Crippen LogP contribution is 2.41. The van der Waals surface area contributed by atoms with Crippen molar-refractivity contribution in [2.24, 2.45) is 5.41 Å².